The number of aromatic nitrogens is 2. The van der Waals surface area contributed by atoms with Crippen LogP contribution in [0.25, 0.3) is 0 Å². The molecule has 0 aliphatic rings. The summed E-state index contributed by atoms with van der Waals surface area (Å²) in [4.78, 5) is 24.3. The van der Waals surface area contributed by atoms with E-state index < -0.39 is 6.55 Å². The Bertz CT molecular complexity index is 757. The predicted molar refractivity (Wildman–Crippen MR) is 89.7 cm³/mol. The van der Waals surface area contributed by atoms with Crippen molar-refractivity contribution in [2.75, 3.05) is 0 Å². The average molecular weight is 349 g/mol. The zero-order valence-electron chi connectivity index (χ0n) is 14.4. The SMILES string of the molecule is Cc1nn(C(F)F)c(C)c1CC(=O)N[C@H](C)CC(=O)c1ccccc1. The summed E-state index contributed by atoms with van der Waals surface area (Å²) in [6.07, 6.45) is 0.123. The molecule has 0 spiro atoms. The van der Waals surface area contributed by atoms with Crippen LogP contribution >= 0.6 is 0 Å². The number of nitrogens with one attached hydrogen (secondary N) is 1. The molecule has 7 heteroatoms. The van der Waals surface area contributed by atoms with Gasteiger partial charge in [0.2, 0.25) is 5.91 Å². The lowest BCUT2D eigenvalue weighted by atomic mass is 10.0. The quantitative estimate of drug-likeness (QED) is 0.781. The molecule has 1 amide bonds. The van der Waals surface area contributed by atoms with Crippen LogP contribution in [0, 0.1) is 13.8 Å². The van der Waals surface area contributed by atoms with E-state index in [1.165, 1.54) is 6.92 Å². The van der Waals surface area contributed by atoms with E-state index in [0.717, 1.165) is 0 Å². The Labute approximate surface area is 145 Å². The first-order valence-electron chi connectivity index (χ1n) is 8.00. The minimum atomic E-state index is -2.74. The zero-order valence-corrected chi connectivity index (χ0v) is 14.4. The Morgan fingerprint density at radius 1 is 1.20 bits per heavy atom. The maximum Gasteiger partial charge on any atom is 0.333 e. The number of hydrogen-bond donors (Lipinski definition) is 1. The van der Waals surface area contributed by atoms with Gasteiger partial charge in [0.25, 0.3) is 0 Å². The molecule has 1 N–H and O–H groups in total. The number of Topliss-reactive ketones (excluding diaryl/α,β-unsaturated/α-hetero) is 1. The first-order valence-corrected chi connectivity index (χ1v) is 8.00. The van der Waals surface area contributed by atoms with Gasteiger partial charge in [-0.15, -0.1) is 0 Å². The molecule has 1 aromatic carbocycles. The van der Waals surface area contributed by atoms with Crippen molar-refractivity contribution in [3.05, 3.63) is 52.8 Å². The summed E-state index contributed by atoms with van der Waals surface area (Å²) in [6.45, 7) is 2.10. The van der Waals surface area contributed by atoms with Crippen LogP contribution in [-0.2, 0) is 11.2 Å². The zero-order chi connectivity index (χ0) is 18.6. The highest BCUT2D eigenvalue weighted by Gasteiger charge is 2.20. The third-order valence-corrected chi connectivity index (χ3v) is 3.99. The molecule has 1 aromatic heterocycles. The van der Waals surface area contributed by atoms with E-state index in [0.29, 0.717) is 21.5 Å². The molecule has 0 unspecified atom stereocenters. The van der Waals surface area contributed by atoms with Gasteiger partial charge in [-0.1, -0.05) is 30.3 Å². The van der Waals surface area contributed by atoms with E-state index in [1.54, 1.807) is 38.1 Å². The fourth-order valence-corrected chi connectivity index (χ4v) is 2.70. The Hall–Kier alpha value is -2.57. The highest BCUT2D eigenvalue weighted by molar-refractivity contribution is 5.96. The van der Waals surface area contributed by atoms with Crippen molar-refractivity contribution < 1.29 is 18.4 Å². The topological polar surface area (TPSA) is 64.0 Å². The molecular weight excluding hydrogens is 328 g/mol. The molecule has 5 nitrogen and oxygen atoms in total. The van der Waals surface area contributed by atoms with Gasteiger partial charge in [-0.2, -0.15) is 13.9 Å². The molecule has 0 aliphatic heterocycles. The van der Waals surface area contributed by atoms with Crippen molar-refractivity contribution in [3.8, 4) is 0 Å². The van der Waals surface area contributed by atoms with Crippen LogP contribution in [0.3, 0.4) is 0 Å². The van der Waals surface area contributed by atoms with Crippen molar-refractivity contribution in [1.82, 2.24) is 15.1 Å². The van der Waals surface area contributed by atoms with Crippen molar-refractivity contribution in [2.24, 2.45) is 0 Å². The Kier molecular flexibility index (Phi) is 6.01. The molecule has 0 aliphatic carbocycles. The van der Waals surface area contributed by atoms with Crippen LogP contribution < -0.4 is 5.32 Å². The number of benzene rings is 1. The van der Waals surface area contributed by atoms with Crippen molar-refractivity contribution in [2.45, 2.75) is 46.2 Å². The largest absolute Gasteiger partial charge is 0.353 e. The lowest BCUT2D eigenvalue weighted by Gasteiger charge is -2.13. The number of aryl methyl sites for hydroxylation is 1. The molecule has 0 radical (unpaired) electrons. The van der Waals surface area contributed by atoms with Crippen molar-refractivity contribution in [1.29, 1.82) is 0 Å². The first kappa shape index (κ1) is 18.8. The summed E-state index contributed by atoms with van der Waals surface area (Å²) >= 11 is 0. The molecule has 0 saturated heterocycles. The van der Waals surface area contributed by atoms with Crippen LogP contribution in [0.1, 0.15) is 47.2 Å². The fourth-order valence-electron chi connectivity index (χ4n) is 2.70. The van der Waals surface area contributed by atoms with Crippen LogP contribution in [0.5, 0.6) is 0 Å². The molecule has 1 heterocycles. The average Bonchev–Trinajstić information content (AvgIpc) is 2.83. The van der Waals surface area contributed by atoms with Crippen molar-refractivity contribution in [3.63, 3.8) is 0 Å². The number of hydrogen-bond acceptors (Lipinski definition) is 3. The van der Waals surface area contributed by atoms with E-state index in [4.69, 9.17) is 0 Å². The minimum absolute atomic E-state index is 0.0474. The summed E-state index contributed by atoms with van der Waals surface area (Å²) in [5.74, 6) is -0.389. The molecular formula is C18H21F2N3O2. The normalized spacial score (nSPS) is 12.2. The van der Waals surface area contributed by atoms with Gasteiger partial charge in [0.1, 0.15) is 0 Å². The Morgan fingerprint density at radius 3 is 2.40 bits per heavy atom. The van der Waals surface area contributed by atoms with Gasteiger partial charge >= 0.3 is 6.55 Å². The van der Waals surface area contributed by atoms with Crippen molar-refractivity contribution >= 4 is 11.7 Å². The van der Waals surface area contributed by atoms with Gasteiger partial charge < -0.3 is 5.32 Å². The van der Waals surface area contributed by atoms with E-state index in [2.05, 4.69) is 10.4 Å². The summed E-state index contributed by atoms with van der Waals surface area (Å²) in [6, 6.07) is 8.48. The number of rotatable bonds is 7. The maximum atomic E-state index is 12.8. The van der Waals surface area contributed by atoms with Gasteiger partial charge in [0.05, 0.1) is 12.1 Å². The molecule has 1 atom stereocenters. The third-order valence-electron chi connectivity index (χ3n) is 3.99. The summed E-state index contributed by atoms with van der Waals surface area (Å²) in [7, 11) is 0. The Balaban J connectivity index is 1.95. The third kappa shape index (κ3) is 4.71. The van der Waals surface area contributed by atoms with Gasteiger partial charge in [0.15, 0.2) is 5.78 Å². The molecule has 2 rings (SSSR count). The second-order valence-corrected chi connectivity index (χ2v) is 6.01. The maximum absolute atomic E-state index is 12.8. The number of nitrogens with zero attached hydrogens (tertiary/aromatic N) is 2. The Morgan fingerprint density at radius 2 is 1.84 bits per heavy atom. The minimum Gasteiger partial charge on any atom is -0.353 e. The van der Waals surface area contributed by atoms with Gasteiger partial charge in [0, 0.05) is 29.3 Å². The fraction of sp³-hybridized carbons (Fsp3) is 0.389. The lowest BCUT2D eigenvalue weighted by Crippen LogP contribution is -2.35. The van der Waals surface area contributed by atoms with Gasteiger partial charge in [-0.3, -0.25) is 9.59 Å². The number of ketones is 1. The summed E-state index contributed by atoms with van der Waals surface area (Å²) < 4.78 is 26.3. The predicted octanol–water partition coefficient (Wildman–Crippen LogP) is 3.22. The van der Waals surface area contributed by atoms with Crippen LogP contribution in [0.2, 0.25) is 0 Å². The molecule has 0 saturated carbocycles. The molecule has 0 bridgehead atoms. The van der Waals surface area contributed by atoms with Crippen LogP contribution in [0.4, 0.5) is 8.78 Å². The number of amides is 1. The number of carbonyl (C=O) groups is 2. The van der Waals surface area contributed by atoms with E-state index in [-0.39, 0.29) is 36.3 Å². The molecule has 134 valence electrons. The molecule has 2 aromatic rings. The molecule has 0 fully saturated rings. The van der Waals surface area contributed by atoms with E-state index >= 15 is 0 Å². The summed E-state index contributed by atoms with van der Waals surface area (Å²) in [5, 5.41) is 6.50. The monoisotopic (exact) mass is 349 g/mol. The number of carbonyl (C=O) groups excluding carboxylic acids is 2. The van der Waals surface area contributed by atoms with E-state index in [1.807, 2.05) is 6.07 Å². The second-order valence-electron chi connectivity index (χ2n) is 6.01. The standard InChI is InChI=1S/C18H21F2N3O2/c1-11(9-16(24)14-7-5-4-6-8-14)21-17(25)10-15-12(2)22-23(13(15)3)18(19)20/h4-8,11,18H,9-10H2,1-3H3,(H,21,25)/t11-/m1/s1. The summed E-state index contributed by atoms with van der Waals surface area (Å²) in [5.41, 5.74) is 1.75. The van der Waals surface area contributed by atoms with E-state index in [9.17, 15) is 18.4 Å². The second kappa shape index (κ2) is 8.00. The van der Waals surface area contributed by atoms with Crippen LogP contribution in [0.15, 0.2) is 30.3 Å². The van der Waals surface area contributed by atoms with Gasteiger partial charge in [-0.05, 0) is 20.8 Å². The van der Waals surface area contributed by atoms with Crippen LogP contribution in [-0.4, -0.2) is 27.5 Å². The lowest BCUT2D eigenvalue weighted by molar-refractivity contribution is -0.121. The highest BCUT2D eigenvalue weighted by atomic mass is 19.3. The smallest absolute Gasteiger partial charge is 0.333 e. The number of halogens is 2. The first-order chi connectivity index (χ1) is 11.8. The van der Waals surface area contributed by atoms with Gasteiger partial charge in [-0.25, -0.2) is 4.68 Å². The molecule has 25 heavy (non-hydrogen) atoms. The number of alkyl halides is 2. The highest BCUT2D eigenvalue weighted by Crippen LogP contribution is 2.19.